The van der Waals surface area contributed by atoms with E-state index in [9.17, 15) is 17.6 Å². The summed E-state index contributed by atoms with van der Waals surface area (Å²) in [6, 6.07) is 10.5. The van der Waals surface area contributed by atoms with E-state index in [4.69, 9.17) is 0 Å². The van der Waals surface area contributed by atoms with Crippen LogP contribution in [0.2, 0.25) is 0 Å². The van der Waals surface area contributed by atoms with Crippen molar-refractivity contribution in [3.63, 3.8) is 0 Å². The van der Waals surface area contributed by atoms with Gasteiger partial charge in [-0.15, -0.1) is 5.10 Å². The highest BCUT2D eigenvalue weighted by Crippen LogP contribution is 2.29. The van der Waals surface area contributed by atoms with Gasteiger partial charge in [0.25, 0.3) is 0 Å². The Hall–Kier alpha value is -4.59. The summed E-state index contributed by atoms with van der Waals surface area (Å²) >= 11 is 0. The van der Waals surface area contributed by atoms with Crippen LogP contribution in [0.15, 0.2) is 48.7 Å². The number of sulfonamides is 1. The highest BCUT2D eigenvalue weighted by atomic mass is 32.2. The summed E-state index contributed by atoms with van der Waals surface area (Å²) in [4.78, 5) is 17.5. The Kier molecular flexibility index (Phi) is 6.17. The number of carbonyl (C=O) groups is 1. The quantitative estimate of drug-likeness (QED) is 0.260. The van der Waals surface area contributed by atoms with Crippen molar-refractivity contribution in [2.45, 2.75) is 13.3 Å². The number of aromatic nitrogens is 7. The van der Waals surface area contributed by atoms with Gasteiger partial charge in [-0.05, 0) is 40.6 Å². The molecule has 37 heavy (non-hydrogen) atoms. The summed E-state index contributed by atoms with van der Waals surface area (Å²) in [6.07, 6.45) is 1.85. The van der Waals surface area contributed by atoms with Gasteiger partial charge in [-0.3, -0.25) is 14.6 Å². The van der Waals surface area contributed by atoms with Crippen molar-refractivity contribution < 1.29 is 22.0 Å². The maximum Gasteiger partial charge on any atom is 0.232 e. The first-order valence-electron chi connectivity index (χ1n) is 11.0. The minimum absolute atomic E-state index is 0.233. The van der Waals surface area contributed by atoms with Crippen molar-refractivity contribution in [2.24, 2.45) is 0 Å². The number of benzene rings is 2. The van der Waals surface area contributed by atoms with Crippen molar-refractivity contribution >= 4 is 32.5 Å². The van der Waals surface area contributed by atoms with Gasteiger partial charge < -0.3 is 0 Å². The lowest BCUT2D eigenvalue weighted by Crippen LogP contribution is -2.18. The number of hydrogen-bond acceptors (Lipinski definition) is 8. The first-order valence-corrected chi connectivity index (χ1v) is 12.6. The predicted molar refractivity (Wildman–Crippen MR) is 130 cm³/mol. The van der Waals surface area contributed by atoms with Crippen LogP contribution in [0.25, 0.3) is 33.5 Å². The Bertz CT molecular complexity index is 1720. The number of aromatic amines is 2. The molecular weight excluding hydrogens is 506 g/mol. The fourth-order valence-corrected chi connectivity index (χ4v) is 4.91. The maximum absolute atomic E-state index is 15.2. The van der Waals surface area contributed by atoms with Gasteiger partial charge in [-0.1, -0.05) is 31.2 Å². The van der Waals surface area contributed by atoms with Gasteiger partial charge in [0.2, 0.25) is 15.8 Å². The van der Waals surface area contributed by atoms with Crippen molar-refractivity contribution in [2.75, 3.05) is 10.5 Å². The third-order valence-corrected chi connectivity index (χ3v) is 7.00. The third-order valence-electron chi connectivity index (χ3n) is 5.53. The second kappa shape index (κ2) is 9.46. The molecule has 0 amide bonds. The highest BCUT2D eigenvalue weighted by Gasteiger charge is 2.27. The van der Waals surface area contributed by atoms with E-state index in [1.807, 2.05) is 0 Å². The molecule has 188 valence electrons. The fraction of sp³-hybridized carbons (Fsp3) is 0.130. The number of tetrazole rings is 1. The molecule has 11 nitrogen and oxygen atoms in total. The lowest BCUT2D eigenvalue weighted by molar-refractivity contribution is 0.102. The minimum atomic E-state index is -3.87. The van der Waals surface area contributed by atoms with Crippen molar-refractivity contribution in [3.05, 3.63) is 71.6 Å². The topological polar surface area (TPSA) is 159 Å². The zero-order chi connectivity index (χ0) is 26.2. The first-order chi connectivity index (χ1) is 17.8. The maximum atomic E-state index is 15.2. The molecule has 0 aliphatic carbocycles. The number of ketones is 1. The second-order valence-electron chi connectivity index (χ2n) is 8.05. The van der Waals surface area contributed by atoms with E-state index in [2.05, 4.69) is 40.5 Å². The van der Waals surface area contributed by atoms with Crippen LogP contribution >= 0.6 is 0 Å². The number of pyridine rings is 1. The summed E-state index contributed by atoms with van der Waals surface area (Å²) in [7, 11) is -3.87. The van der Waals surface area contributed by atoms with E-state index < -0.39 is 38.7 Å². The Morgan fingerprint density at radius 3 is 2.49 bits per heavy atom. The van der Waals surface area contributed by atoms with E-state index in [0.717, 1.165) is 23.3 Å². The third kappa shape index (κ3) is 4.65. The SMILES string of the molecule is CCCS(=O)(=O)Nc1ccc(F)c(C(=O)c2n[nH]c3ncc(-c4ccc(-c5nnn[nH]5)cc4)cc23)c1F. The van der Waals surface area contributed by atoms with Gasteiger partial charge in [0, 0.05) is 17.3 Å². The summed E-state index contributed by atoms with van der Waals surface area (Å²) in [6.45, 7) is 1.64. The fourth-order valence-electron chi connectivity index (χ4n) is 3.78. The molecule has 0 aliphatic heterocycles. The molecule has 14 heteroatoms. The molecule has 5 aromatic rings. The molecular formula is C23H18F2N8O3S. The van der Waals surface area contributed by atoms with E-state index in [0.29, 0.717) is 17.8 Å². The number of halogens is 2. The molecule has 0 bridgehead atoms. The van der Waals surface area contributed by atoms with E-state index in [1.165, 1.54) is 0 Å². The van der Waals surface area contributed by atoms with Crippen LogP contribution in [0.1, 0.15) is 29.4 Å². The molecule has 0 radical (unpaired) electrons. The number of anilines is 1. The Morgan fingerprint density at radius 1 is 1.03 bits per heavy atom. The Balaban J connectivity index is 1.52. The normalized spacial score (nSPS) is 11.6. The van der Waals surface area contributed by atoms with Crippen LogP contribution in [0, 0.1) is 11.6 Å². The van der Waals surface area contributed by atoms with Crippen molar-refractivity contribution in [1.29, 1.82) is 0 Å². The van der Waals surface area contributed by atoms with Crippen LogP contribution in [0.3, 0.4) is 0 Å². The molecule has 0 unspecified atom stereocenters. The minimum Gasteiger partial charge on any atom is -0.287 e. The van der Waals surface area contributed by atoms with Crippen LogP contribution in [0.4, 0.5) is 14.5 Å². The molecule has 0 aliphatic rings. The number of nitrogens with zero attached hydrogens (tertiary/aromatic N) is 5. The lowest BCUT2D eigenvalue weighted by Gasteiger charge is -2.11. The smallest absolute Gasteiger partial charge is 0.232 e. The summed E-state index contributed by atoms with van der Waals surface area (Å²) in [5, 5.41) is 20.4. The second-order valence-corrected chi connectivity index (χ2v) is 9.90. The average molecular weight is 525 g/mol. The monoisotopic (exact) mass is 524 g/mol. The molecule has 0 saturated carbocycles. The van der Waals surface area contributed by atoms with Gasteiger partial charge in [-0.25, -0.2) is 27.3 Å². The number of rotatable bonds is 8. The van der Waals surface area contributed by atoms with Gasteiger partial charge >= 0.3 is 0 Å². The number of carbonyl (C=O) groups excluding carboxylic acids is 1. The van der Waals surface area contributed by atoms with E-state index in [-0.39, 0.29) is 22.5 Å². The largest absolute Gasteiger partial charge is 0.287 e. The van der Waals surface area contributed by atoms with Gasteiger partial charge in [0.15, 0.2) is 17.3 Å². The number of nitrogens with one attached hydrogen (secondary N) is 3. The van der Waals surface area contributed by atoms with Gasteiger partial charge in [-0.2, -0.15) is 5.10 Å². The lowest BCUT2D eigenvalue weighted by atomic mass is 10.0. The van der Waals surface area contributed by atoms with Crippen LogP contribution in [-0.4, -0.2) is 55.8 Å². The highest BCUT2D eigenvalue weighted by molar-refractivity contribution is 7.92. The summed E-state index contributed by atoms with van der Waals surface area (Å²) < 4.78 is 56.1. The zero-order valence-electron chi connectivity index (χ0n) is 19.2. The summed E-state index contributed by atoms with van der Waals surface area (Å²) in [5.41, 5.74) is 0.626. The molecule has 3 aromatic heterocycles. The van der Waals surface area contributed by atoms with Crippen LogP contribution in [0.5, 0.6) is 0 Å². The van der Waals surface area contributed by atoms with Gasteiger partial charge in [0.05, 0.1) is 22.4 Å². The molecule has 0 atom stereocenters. The molecule has 2 aromatic carbocycles. The number of hydrogen-bond donors (Lipinski definition) is 3. The van der Waals surface area contributed by atoms with E-state index in [1.54, 1.807) is 43.5 Å². The molecule has 0 saturated heterocycles. The first kappa shape index (κ1) is 24.1. The number of H-pyrrole nitrogens is 2. The standard InChI is InChI=1S/C23H18F2N8O3S/c1-2-9-37(35,36)31-17-8-7-16(24)18(19(17)25)21(34)20-15-10-14(11-26-23(15)28-27-20)12-3-5-13(6-4-12)22-29-32-33-30-22/h3-8,10-11,31H,2,9H2,1H3,(H,26,27,28)(H,29,30,32,33). The van der Waals surface area contributed by atoms with Crippen molar-refractivity contribution in [1.82, 2.24) is 35.8 Å². The summed E-state index contributed by atoms with van der Waals surface area (Å²) in [5.74, 6) is -3.32. The molecule has 0 spiro atoms. The molecule has 3 heterocycles. The number of fused-ring (bicyclic) bond motifs is 1. The molecule has 5 rings (SSSR count). The zero-order valence-corrected chi connectivity index (χ0v) is 20.0. The van der Waals surface area contributed by atoms with Gasteiger partial charge in [0.1, 0.15) is 11.5 Å². The average Bonchev–Trinajstić information content (AvgIpc) is 3.56. The van der Waals surface area contributed by atoms with E-state index >= 15 is 4.39 Å². The van der Waals surface area contributed by atoms with Crippen molar-refractivity contribution in [3.8, 4) is 22.5 Å². The molecule has 0 fully saturated rings. The Morgan fingerprint density at radius 2 is 1.78 bits per heavy atom. The molecule has 3 N–H and O–H groups in total. The predicted octanol–water partition coefficient (Wildman–Crippen LogP) is 3.47. The van der Waals surface area contributed by atoms with Crippen LogP contribution in [-0.2, 0) is 10.0 Å². The van der Waals surface area contributed by atoms with Crippen LogP contribution < -0.4 is 4.72 Å². The Labute approximate surface area is 208 Å².